The molecule has 0 spiro atoms. The van der Waals surface area contributed by atoms with Crippen molar-refractivity contribution in [1.82, 2.24) is 9.61 Å². The predicted molar refractivity (Wildman–Crippen MR) is 92.2 cm³/mol. The molecule has 0 aliphatic rings. The number of pyridine rings is 1. The first-order chi connectivity index (χ1) is 11.4. The standard InChI is InChI=1S/C19H19N3O2/c1-12-17(23)7-13(8-18(12)24-4)15-9-21-22-10-14(5-6-16(15)22)19(2,3)11-20/h5-10,23H,1-4H3. The number of aromatic nitrogens is 2. The van der Waals surface area contributed by atoms with Crippen molar-refractivity contribution in [2.75, 3.05) is 7.11 Å². The Morgan fingerprint density at radius 3 is 2.71 bits per heavy atom. The summed E-state index contributed by atoms with van der Waals surface area (Å²) in [5.41, 5.74) is 3.65. The average Bonchev–Trinajstić information content (AvgIpc) is 3.00. The molecule has 0 saturated heterocycles. The maximum Gasteiger partial charge on any atom is 0.126 e. The number of phenols is 1. The Bertz CT molecular complexity index is 965. The second-order valence-corrected chi connectivity index (χ2v) is 6.37. The average molecular weight is 321 g/mol. The number of ether oxygens (including phenoxy) is 1. The molecule has 24 heavy (non-hydrogen) atoms. The molecule has 0 saturated carbocycles. The highest BCUT2D eigenvalue weighted by atomic mass is 16.5. The van der Waals surface area contributed by atoms with Gasteiger partial charge >= 0.3 is 0 Å². The molecular weight excluding hydrogens is 302 g/mol. The van der Waals surface area contributed by atoms with Crippen molar-refractivity contribution in [2.24, 2.45) is 0 Å². The number of hydrogen-bond acceptors (Lipinski definition) is 4. The number of aromatic hydroxyl groups is 1. The molecule has 122 valence electrons. The molecular formula is C19H19N3O2. The fourth-order valence-electron chi connectivity index (χ4n) is 2.68. The van der Waals surface area contributed by atoms with E-state index in [1.165, 1.54) is 0 Å². The van der Waals surface area contributed by atoms with Crippen LogP contribution in [0.3, 0.4) is 0 Å². The Labute approximate surface area is 140 Å². The maximum atomic E-state index is 10.1. The van der Waals surface area contributed by atoms with Gasteiger partial charge in [0, 0.05) is 17.3 Å². The van der Waals surface area contributed by atoms with E-state index in [9.17, 15) is 10.4 Å². The Morgan fingerprint density at radius 2 is 2.04 bits per heavy atom. The van der Waals surface area contributed by atoms with Crippen LogP contribution in [-0.4, -0.2) is 21.8 Å². The van der Waals surface area contributed by atoms with Crippen molar-refractivity contribution >= 4 is 5.52 Å². The van der Waals surface area contributed by atoms with Gasteiger partial charge in [-0.15, -0.1) is 0 Å². The minimum absolute atomic E-state index is 0.186. The first-order valence-corrected chi connectivity index (χ1v) is 7.64. The molecule has 1 N–H and O–H groups in total. The minimum atomic E-state index is -0.578. The van der Waals surface area contributed by atoms with E-state index in [4.69, 9.17) is 4.74 Å². The highest BCUT2D eigenvalue weighted by Gasteiger charge is 2.21. The molecule has 0 aliphatic carbocycles. The summed E-state index contributed by atoms with van der Waals surface area (Å²) >= 11 is 0. The molecule has 5 nitrogen and oxygen atoms in total. The van der Waals surface area contributed by atoms with Crippen LogP contribution in [0, 0.1) is 18.3 Å². The number of nitriles is 1. The molecule has 0 fully saturated rings. The highest BCUT2D eigenvalue weighted by molar-refractivity contribution is 5.82. The first kappa shape index (κ1) is 15.9. The first-order valence-electron chi connectivity index (χ1n) is 7.64. The number of phenolic OH excluding ortho intramolecular Hbond substituents is 1. The molecule has 0 bridgehead atoms. The second-order valence-electron chi connectivity index (χ2n) is 6.37. The van der Waals surface area contributed by atoms with Gasteiger partial charge in [0.25, 0.3) is 0 Å². The van der Waals surface area contributed by atoms with Gasteiger partial charge in [0.1, 0.15) is 11.5 Å². The van der Waals surface area contributed by atoms with Gasteiger partial charge in [-0.3, -0.25) is 0 Å². The van der Waals surface area contributed by atoms with E-state index < -0.39 is 5.41 Å². The summed E-state index contributed by atoms with van der Waals surface area (Å²) in [5.74, 6) is 0.817. The van der Waals surface area contributed by atoms with E-state index in [-0.39, 0.29) is 5.75 Å². The second kappa shape index (κ2) is 5.57. The zero-order valence-electron chi connectivity index (χ0n) is 14.2. The number of nitrogens with zero attached hydrogens (tertiary/aromatic N) is 3. The molecule has 1 aromatic carbocycles. The van der Waals surface area contributed by atoms with Crippen LogP contribution in [0.15, 0.2) is 36.7 Å². The lowest BCUT2D eigenvalue weighted by Crippen LogP contribution is -2.14. The van der Waals surface area contributed by atoms with Crippen LogP contribution >= 0.6 is 0 Å². The number of benzene rings is 1. The summed E-state index contributed by atoms with van der Waals surface area (Å²) in [6.45, 7) is 5.56. The molecule has 0 aliphatic heterocycles. The largest absolute Gasteiger partial charge is 0.508 e. The van der Waals surface area contributed by atoms with E-state index in [0.29, 0.717) is 11.3 Å². The van der Waals surface area contributed by atoms with Gasteiger partial charge in [-0.1, -0.05) is 6.07 Å². The van der Waals surface area contributed by atoms with Crippen molar-refractivity contribution < 1.29 is 9.84 Å². The molecule has 3 aromatic rings. The van der Waals surface area contributed by atoms with Crippen molar-refractivity contribution in [3.63, 3.8) is 0 Å². The number of fused-ring (bicyclic) bond motifs is 1. The maximum absolute atomic E-state index is 10.1. The summed E-state index contributed by atoms with van der Waals surface area (Å²) in [7, 11) is 1.58. The van der Waals surface area contributed by atoms with Crippen molar-refractivity contribution in [3.05, 3.63) is 47.8 Å². The lowest BCUT2D eigenvalue weighted by molar-refractivity contribution is 0.403. The zero-order valence-corrected chi connectivity index (χ0v) is 14.2. The van der Waals surface area contributed by atoms with Gasteiger partial charge in [-0.2, -0.15) is 10.4 Å². The molecule has 0 unspecified atom stereocenters. The third-order valence-corrected chi connectivity index (χ3v) is 4.38. The fourth-order valence-corrected chi connectivity index (χ4v) is 2.68. The lowest BCUT2D eigenvalue weighted by Gasteiger charge is -2.15. The van der Waals surface area contributed by atoms with E-state index in [1.807, 2.05) is 45.2 Å². The van der Waals surface area contributed by atoms with Crippen LogP contribution < -0.4 is 4.74 Å². The quantitative estimate of drug-likeness (QED) is 0.796. The smallest absolute Gasteiger partial charge is 0.126 e. The van der Waals surface area contributed by atoms with Gasteiger partial charge in [0.05, 0.1) is 30.3 Å². The Balaban J connectivity index is 2.16. The zero-order chi connectivity index (χ0) is 17.5. The summed E-state index contributed by atoms with van der Waals surface area (Å²) in [4.78, 5) is 0. The molecule has 0 atom stereocenters. The lowest BCUT2D eigenvalue weighted by atomic mass is 9.87. The minimum Gasteiger partial charge on any atom is -0.508 e. The van der Waals surface area contributed by atoms with Crippen LogP contribution in [0.1, 0.15) is 25.0 Å². The van der Waals surface area contributed by atoms with Crippen molar-refractivity contribution in [1.29, 1.82) is 5.26 Å². The molecule has 5 heteroatoms. The van der Waals surface area contributed by atoms with Gasteiger partial charge in [0.2, 0.25) is 0 Å². The van der Waals surface area contributed by atoms with Gasteiger partial charge in [-0.05, 0) is 50.1 Å². The fraction of sp³-hybridized carbons (Fsp3) is 0.263. The van der Waals surface area contributed by atoms with E-state index in [2.05, 4.69) is 11.2 Å². The van der Waals surface area contributed by atoms with Gasteiger partial charge < -0.3 is 9.84 Å². The molecule has 0 amide bonds. The Kier molecular flexibility index (Phi) is 3.69. The van der Waals surface area contributed by atoms with Crippen molar-refractivity contribution in [3.8, 4) is 28.7 Å². The van der Waals surface area contributed by atoms with E-state index >= 15 is 0 Å². The van der Waals surface area contributed by atoms with Crippen LogP contribution in [0.25, 0.3) is 16.6 Å². The molecule has 2 aromatic heterocycles. The number of hydrogen-bond donors (Lipinski definition) is 1. The predicted octanol–water partition coefficient (Wildman–Crippen LogP) is 3.83. The van der Waals surface area contributed by atoms with E-state index in [0.717, 1.165) is 22.2 Å². The third kappa shape index (κ3) is 2.46. The van der Waals surface area contributed by atoms with Crippen molar-refractivity contribution in [2.45, 2.75) is 26.2 Å². The topological polar surface area (TPSA) is 70.5 Å². The van der Waals surface area contributed by atoms with Crippen LogP contribution in [-0.2, 0) is 5.41 Å². The number of methoxy groups -OCH3 is 1. The summed E-state index contributed by atoms with van der Waals surface area (Å²) in [6.07, 6.45) is 3.62. The molecule has 2 heterocycles. The van der Waals surface area contributed by atoms with Gasteiger partial charge in [-0.25, -0.2) is 4.52 Å². The monoisotopic (exact) mass is 321 g/mol. The molecule has 0 radical (unpaired) electrons. The van der Waals surface area contributed by atoms with E-state index in [1.54, 1.807) is 23.9 Å². The normalized spacial score (nSPS) is 11.5. The van der Waals surface area contributed by atoms with Crippen LogP contribution in [0.5, 0.6) is 11.5 Å². The molecule has 3 rings (SSSR count). The third-order valence-electron chi connectivity index (χ3n) is 4.38. The summed E-state index contributed by atoms with van der Waals surface area (Å²) in [5, 5.41) is 23.8. The van der Waals surface area contributed by atoms with Crippen LogP contribution in [0.2, 0.25) is 0 Å². The summed E-state index contributed by atoms with van der Waals surface area (Å²) < 4.78 is 7.09. The Hall–Kier alpha value is -3.00. The Morgan fingerprint density at radius 1 is 1.29 bits per heavy atom. The highest BCUT2D eigenvalue weighted by Crippen LogP contribution is 2.35. The number of rotatable bonds is 3. The van der Waals surface area contributed by atoms with Gasteiger partial charge in [0.15, 0.2) is 0 Å². The summed E-state index contributed by atoms with van der Waals surface area (Å²) in [6, 6.07) is 9.78. The SMILES string of the molecule is COc1cc(-c2cnn3cc(C(C)(C)C#N)ccc23)cc(O)c1C. The van der Waals surface area contributed by atoms with Crippen LogP contribution in [0.4, 0.5) is 0 Å².